The van der Waals surface area contributed by atoms with Crippen LogP contribution in [0.25, 0.3) is 0 Å². The number of piperidine rings is 1. The van der Waals surface area contributed by atoms with Crippen molar-refractivity contribution in [2.75, 3.05) is 31.3 Å². The number of aryl methyl sites for hydroxylation is 1. The number of aliphatic hydroxyl groups is 1. The van der Waals surface area contributed by atoms with E-state index in [9.17, 15) is 8.42 Å². The smallest absolute Gasteiger partial charge is 0.211 e. The molecule has 0 bridgehead atoms. The van der Waals surface area contributed by atoms with E-state index >= 15 is 0 Å². The van der Waals surface area contributed by atoms with E-state index in [2.05, 4.69) is 15.3 Å². The molecule has 0 spiro atoms. The molecule has 2 rings (SSSR count). The monoisotopic (exact) mass is 314 g/mol. The second kappa shape index (κ2) is 6.67. The van der Waals surface area contributed by atoms with Gasteiger partial charge in [-0.15, -0.1) is 0 Å². The van der Waals surface area contributed by atoms with E-state index in [1.54, 1.807) is 6.07 Å². The number of nitrogens with zero attached hydrogens (tertiary/aromatic N) is 3. The molecule has 2 heterocycles. The number of aromatic nitrogens is 2. The number of hydrogen-bond donors (Lipinski definition) is 2. The van der Waals surface area contributed by atoms with Crippen LogP contribution in [0.2, 0.25) is 0 Å². The number of aliphatic hydroxyl groups excluding tert-OH is 1. The Labute approximate surface area is 125 Å². The lowest BCUT2D eigenvalue weighted by molar-refractivity contribution is 0.248. The molecule has 1 saturated heterocycles. The molecule has 0 aromatic carbocycles. The van der Waals surface area contributed by atoms with Gasteiger partial charge in [0.25, 0.3) is 0 Å². The molecule has 1 aromatic heterocycles. The highest BCUT2D eigenvalue weighted by molar-refractivity contribution is 7.88. The third-order valence-electron chi connectivity index (χ3n) is 3.47. The van der Waals surface area contributed by atoms with Crippen LogP contribution in [0.1, 0.15) is 36.8 Å². The van der Waals surface area contributed by atoms with Crippen molar-refractivity contribution >= 4 is 15.8 Å². The summed E-state index contributed by atoms with van der Waals surface area (Å²) in [6.07, 6.45) is 3.79. The van der Waals surface area contributed by atoms with E-state index in [-0.39, 0.29) is 12.6 Å². The van der Waals surface area contributed by atoms with Gasteiger partial charge in [-0.25, -0.2) is 18.4 Å². The Morgan fingerprint density at radius 3 is 2.86 bits per heavy atom. The van der Waals surface area contributed by atoms with Crippen LogP contribution >= 0.6 is 0 Å². The van der Waals surface area contributed by atoms with Crippen LogP contribution in [-0.2, 0) is 10.0 Å². The van der Waals surface area contributed by atoms with Crippen LogP contribution in [0.4, 0.5) is 5.82 Å². The van der Waals surface area contributed by atoms with Crippen molar-refractivity contribution in [2.24, 2.45) is 0 Å². The quantitative estimate of drug-likeness (QED) is 0.829. The zero-order valence-corrected chi connectivity index (χ0v) is 13.2. The van der Waals surface area contributed by atoms with E-state index in [1.165, 1.54) is 10.6 Å². The lowest BCUT2D eigenvalue weighted by atomic mass is 10.0. The van der Waals surface area contributed by atoms with Crippen molar-refractivity contribution < 1.29 is 13.5 Å². The first-order valence-corrected chi connectivity index (χ1v) is 8.94. The van der Waals surface area contributed by atoms with Crippen molar-refractivity contribution in [3.05, 3.63) is 17.6 Å². The number of sulfonamides is 1. The van der Waals surface area contributed by atoms with Crippen LogP contribution in [0.5, 0.6) is 0 Å². The summed E-state index contributed by atoms with van der Waals surface area (Å²) in [5.41, 5.74) is 0.777. The first-order chi connectivity index (χ1) is 9.91. The summed E-state index contributed by atoms with van der Waals surface area (Å²) in [4.78, 5) is 8.83. The highest BCUT2D eigenvalue weighted by atomic mass is 32.2. The SMILES string of the molecule is Cc1cc(NCCO)nc([C@@H]2CCCCN2S(C)(=O)=O)n1. The fraction of sp³-hybridized carbons (Fsp3) is 0.692. The Bertz CT molecular complexity index is 591. The van der Waals surface area contributed by atoms with Gasteiger partial charge in [-0.2, -0.15) is 4.31 Å². The maximum atomic E-state index is 11.9. The second-order valence-corrected chi connectivity index (χ2v) is 7.22. The average Bonchev–Trinajstić information content (AvgIpc) is 2.43. The molecular weight excluding hydrogens is 292 g/mol. The Balaban J connectivity index is 2.32. The maximum absolute atomic E-state index is 11.9. The van der Waals surface area contributed by atoms with Crippen molar-refractivity contribution in [3.63, 3.8) is 0 Å². The van der Waals surface area contributed by atoms with Crippen molar-refractivity contribution in [1.82, 2.24) is 14.3 Å². The molecule has 0 saturated carbocycles. The standard InChI is InChI=1S/C13H22N4O3S/c1-10-9-12(14-6-8-18)16-13(15-10)11-5-3-4-7-17(11)21(2,19)20/h9,11,18H,3-8H2,1-2H3,(H,14,15,16)/t11-/m0/s1. The molecule has 1 aromatic rings. The van der Waals surface area contributed by atoms with Gasteiger partial charge in [-0.3, -0.25) is 0 Å². The molecular formula is C13H22N4O3S. The van der Waals surface area contributed by atoms with E-state index in [1.807, 2.05) is 6.92 Å². The molecule has 1 fully saturated rings. The van der Waals surface area contributed by atoms with Crippen LogP contribution < -0.4 is 5.32 Å². The third kappa shape index (κ3) is 4.12. The summed E-state index contributed by atoms with van der Waals surface area (Å²) in [5, 5.41) is 11.9. The normalized spacial score (nSPS) is 20.4. The summed E-state index contributed by atoms with van der Waals surface area (Å²) >= 11 is 0. The predicted molar refractivity (Wildman–Crippen MR) is 80.5 cm³/mol. The van der Waals surface area contributed by atoms with Gasteiger partial charge < -0.3 is 10.4 Å². The minimum absolute atomic E-state index is 0.0112. The molecule has 2 N–H and O–H groups in total. The van der Waals surface area contributed by atoms with E-state index in [0.29, 0.717) is 24.7 Å². The minimum Gasteiger partial charge on any atom is -0.395 e. The van der Waals surface area contributed by atoms with Gasteiger partial charge in [-0.1, -0.05) is 6.42 Å². The largest absolute Gasteiger partial charge is 0.395 e. The molecule has 8 heteroatoms. The molecule has 0 aliphatic carbocycles. The lowest BCUT2D eigenvalue weighted by Gasteiger charge is -2.32. The van der Waals surface area contributed by atoms with Gasteiger partial charge in [0, 0.05) is 24.8 Å². The highest BCUT2D eigenvalue weighted by Gasteiger charge is 2.32. The Hall–Kier alpha value is -1.25. The van der Waals surface area contributed by atoms with Gasteiger partial charge in [0.05, 0.1) is 18.9 Å². The van der Waals surface area contributed by atoms with Gasteiger partial charge >= 0.3 is 0 Å². The maximum Gasteiger partial charge on any atom is 0.211 e. The van der Waals surface area contributed by atoms with E-state index < -0.39 is 10.0 Å². The van der Waals surface area contributed by atoms with Gasteiger partial charge in [0.15, 0.2) is 0 Å². The number of anilines is 1. The highest BCUT2D eigenvalue weighted by Crippen LogP contribution is 2.31. The van der Waals surface area contributed by atoms with Crippen LogP contribution in [0.3, 0.4) is 0 Å². The summed E-state index contributed by atoms with van der Waals surface area (Å²) < 4.78 is 25.4. The Kier molecular flexibility index (Phi) is 5.13. The predicted octanol–water partition coefficient (Wildman–Crippen LogP) is 0.676. The van der Waals surface area contributed by atoms with Gasteiger partial charge in [0.2, 0.25) is 10.0 Å². The van der Waals surface area contributed by atoms with Crippen LogP contribution in [0, 0.1) is 6.92 Å². The molecule has 118 valence electrons. The van der Waals surface area contributed by atoms with Crippen molar-refractivity contribution in [1.29, 1.82) is 0 Å². The molecule has 7 nitrogen and oxygen atoms in total. The zero-order chi connectivity index (χ0) is 15.5. The Morgan fingerprint density at radius 2 is 2.19 bits per heavy atom. The van der Waals surface area contributed by atoms with E-state index in [4.69, 9.17) is 5.11 Å². The number of rotatable bonds is 5. The molecule has 0 radical (unpaired) electrons. The summed E-state index contributed by atoms with van der Waals surface area (Å²) in [5.74, 6) is 1.14. The van der Waals surface area contributed by atoms with Crippen molar-refractivity contribution in [2.45, 2.75) is 32.2 Å². The average molecular weight is 314 g/mol. The second-order valence-electron chi connectivity index (χ2n) is 5.29. The van der Waals surface area contributed by atoms with Crippen LogP contribution in [-0.4, -0.2) is 53.7 Å². The van der Waals surface area contributed by atoms with E-state index in [0.717, 1.165) is 25.0 Å². The third-order valence-corrected chi connectivity index (χ3v) is 4.76. The van der Waals surface area contributed by atoms with Gasteiger partial charge in [-0.05, 0) is 19.8 Å². The molecule has 21 heavy (non-hydrogen) atoms. The first kappa shape index (κ1) is 16.1. The first-order valence-electron chi connectivity index (χ1n) is 7.09. The lowest BCUT2D eigenvalue weighted by Crippen LogP contribution is -2.38. The summed E-state index contributed by atoms with van der Waals surface area (Å²) in [6, 6.07) is 1.48. The minimum atomic E-state index is -3.27. The van der Waals surface area contributed by atoms with Crippen molar-refractivity contribution in [3.8, 4) is 0 Å². The number of nitrogens with one attached hydrogen (secondary N) is 1. The number of hydrogen-bond acceptors (Lipinski definition) is 6. The summed E-state index contributed by atoms with van der Waals surface area (Å²) in [6.45, 7) is 2.77. The fourth-order valence-corrected chi connectivity index (χ4v) is 3.70. The fourth-order valence-electron chi connectivity index (χ4n) is 2.58. The topological polar surface area (TPSA) is 95.4 Å². The molecule has 1 aliphatic rings. The van der Waals surface area contributed by atoms with Gasteiger partial charge in [0.1, 0.15) is 11.6 Å². The summed E-state index contributed by atoms with van der Waals surface area (Å²) in [7, 11) is -3.27. The molecule has 1 aliphatic heterocycles. The molecule has 1 atom stereocenters. The molecule has 0 amide bonds. The van der Waals surface area contributed by atoms with Crippen LogP contribution in [0.15, 0.2) is 6.07 Å². The molecule has 0 unspecified atom stereocenters. The Morgan fingerprint density at radius 1 is 1.43 bits per heavy atom. The zero-order valence-electron chi connectivity index (χ0n) is 12.4.